The van der Waals surface area contributed by atoms with E-state index in [4.69, 9.17) is 23.2 Å². The zero-order valence-electron chi connectivity index (χ0n) is 10.6. The Labute approximate surface area is 130 Å². The van der Waals surface area contributed by atoms with Gasteiger partial charge in [-0.1, -0.05) is 35.3 Å². The van der Waals surface area contributed by atoms with Gasteiger partial charge >= 0.3 is 0 Å². The molecular weight excluding hydrogens is 311 g/mol. The standard InChI is InChI=1S/C16H8Cl2O3/c17-9-4-8(5-10(18)6-9)12-7-14(20)15-11(16(12)21)2-1-3-13(15)19/h1-7,19H. The molecule has 0 spiro atoms. The van der Waals surface area contributed by atoms with Gasteiger partial charge in [0.25, 0.3) is 0 Å². The van der Waals surface area contributed by atoms with Crippen LogP contribution in [0.1, 0.15) is 26.3 Å². The van der Waals surface area contributed by atoms with Crippen molar-refractivity contribution in [3.05, 3.63) is 69.2 Å². The second-order valence-electron chi connectivity index (χ2n) is 4.61. The lowest BCUT2D eigenvalue weighted by Crippen LogP contribution is -2.16. The van der Waals surface area contributed by atoms with Gasteiger partial charge in [-0.2, -0.15) is 0 Å². The Kier molecular flexibility index (Phi) is 3.32. The van der Waals surface area contributed by atoms with Crippen molar-refractivity contribution in [3.63, 3.8) is 0 Å². The predicted molar refractivity (Wildman–Crippen MR) is 81.2 cm³/mol. The largest absolute Gasteiger partial charge is 0.507 e. The molecule has 104 valence electrons. The lowest BCUT2D eigenvalue weighted by molar-refractivity contribution is 0.0999. The van der Waals surface area contributed by atoms with E-state index in [1.807, 2.05) is 0 Å². The molecule has 0 fully saturated rings. The fraction of sp³-hybridized carbons (Fsp3) is 0. The number of phenolic OH excluding ortho intramolecular Hbond substituents is 1. The summed E-state index contributed by atoms with van der Waals surface area (Å²) >= 11 is 11.9. The lowest BCUT2D eigenvalue weighted by Gasteiger charge is -2.16. The van der Waals surface area contributed by atoms with Crippen molar-refractivity contribution >= 4 is 40.3 Å². The smallest absolute Gasteiger partial charge is 0.194 e. The molecule has 2 aromatic rings. The van der Waals surface area contributed by atoms with Gasteiger partial charge in [-0.25, -0.2) is 0 Å². The second kappa shape index (κ2) is 5.02. The molecule has 0 aromatic heterocycles. The first-order chi connectivity index (χ1) is 9.97. The van der Waals surface area contributed by atoms with Gasteiger partial charge in [0.1, 0.15) is 5.75 Å². The minimum absolute atomic E-state index is 0.0272. The van der Waals surface area contributed by atoms with E-state index in [9.17, 15) is 14.7 Å². The Balaban J connectivity index is 2.19. The van der Waals surface area contributed by atoms with E-state index in [2.05, 4.69) is 0 Å². The van der Waals surface area contributed by atoms with Crippen LogP contribution in [-0.2, 0) is 0 Å². The molecule has 0 aliphatic heterocycles. The number of fused-ring (bicyclic) bond motifs is 1. The van der Waals surface area contributed by atoms with Gasteiger partial charge in [0.2, 0.25) is 0 Å². The van der Waals surface area contributed by atoms with Crippen LogP contribution in [0.3, 0.4) is 0 Å². The monoisotopic (exact) mass is 318 g/mol. The van der Waals surface area contributed by atoms with Crippen LogP contribution in [-0.4, -0.2) is 16.7 Å². The molecule has 0 amide bonds. The SMILES string of the molecule is O=C1C(c2cc(Cl)cc(Cl)c2)=CC(=O)c2c(O)cccc21. The van der Waals surface area contributed by atoms with Gasteiger partial charge < -0.3 is 5.11 Å². The average Bonchev–Trinajstić information content (AvgIpc) is 2.41. The molecule has 5 heteroatoms. The number of aromatic hydroxyl groups is 1. The summed E-state index contributed by atoms with van der Waals surface area (Å²) in [6, 6.07) is 9.08. The third-order valence-corrected chi connectivity index (χ3v) is 3.66. The summed E-state index contributed by atoms with van der Waals surface area (Å²) in [5.41, 5.74) is 0.885. The number of hydrogen-bond donors (Lipinski definition) is 1. The fourth-order valence-corrected chi connectivity index (χ4v) is 2.85. The van der Waals surface area contributed by atoms with Gasteiger partial charge in [0.15, 0.2) is 11.6 Å². The highest BCUT2D eigenvalue weighted by Crippen LogP contribution is 2.34. The first kappa shape index (κ1) is 13.9. The van der Waals surface area contributed by atoms with Crippen molar-refractivity contribution in [2.75, 3.05) is 0 Å². The normalized spacial score (nSPS) is 13.9. The number of ketones is 2. The molecule has 0 saturated carbocycles. The van der Waals surface area contributed by atoms with Crippen molar-refractivity contribution in [3.8, 4) is 5.75 Å². The van der Waals surface area contributed by atoms with Gasteiger partial charge in [0, 0.05) is 21.2 Å². The molecule has 3 rings (SSSR count). The molecular formula is C16H8Cl2O3. The average molecular weight is 319 g/mol. The van der Waals surface area contributed by atoms with Crippen LogP contribution in [0.25, 0.3) is 5.57 Å². The Morgan fingerprint density at radius 2 is 1.62 bits per heavy atom. The zero-order valence-corrected chi connectivity index (χ0v) is 12.1. The number of Topliss-reactive ketones (excluding diaryl/α,β-unsaturated/α-hetero) is 1. The highest BCUT2D eigenvalue weighted by Gasteiger charge is 2.28. The minimum atomic E-state index is -0.422. The molecule has 0 heterocycles. The number of benzene rings is 2. The number of carbonyl (C=O) groups excluding carboxylic acids is 2. The zero-order chi connectivity index (χ0) is 15.1. The van der Waals surface area contributed by atoms with Gasteiger partial charge in [-0.05, 0) is 35.9 Å². The second-order valence-corrected chi connectivity index (χ2v) is 5.48. The van der Waals surface area contributed by atoms with Crippen LogP contribution in [0.5, 0.6) is 5.75 Å². The third-order valence-electron chi connectivity index (χ3n) is 3.23. The number of phenols is 1. The van der Waals surface area contributed by atoms with Crippen LogP contribution in [0, 0.1) is 0 Å². The van der Waals surface area contributed by atoms with E-state index >= 15 is 0 Å². The summed E-state index contributed by atoms with van der Waals surface area (Å²) in [6.45, 7) is 0. The van der Waals surface area contributed by atoms with E-state index in [0.29, 0.717) is 15.6 Å². The maximum absolute atomic E-state index is 12.5. The summed E-state index contributed by atoms with van der Waals surface area (Å²) < 4.78 is 0. The first-order valence-corrected chi connectivity index (χ1v) is 6.82. The van der Waals surface area contributed by atoms with E-state index in [-0.39, 0.29) is 28.2 Å². The summed E-state index contributed by atoms with van der Waals surface area (Å²) in [5.74, 6) is -0.974. The van der Waals surface area contributed by atoms with Crippen molar-refractivity contribution in [1.29, 1.82) is 0 Å². The van der Waals surface area contributed by atoms with Crippen LogP contribution >= 0.6 is 23.2 Å². The van der Waals surface area contributed by atoms with Crippen molar-refractivity contribution in [1.82, 2.24) is 0 Å². The van der Waals surface area contributed by atoms with Crippen molar-refractivity contribution in [2.45, 2.75) is 0 Å². The molecule has 0 saturated heterocycles. The van der Waals surface area contributed by atoms with E-state index in [1.165, 1.54) is 24.3 Å². The summed E-state index contributed by atoms with van der Waals surface area (Å²) in [4.78, 5) is 24.7. The van der Waals surface area contributed by atoms with E-state index in [0.717, 1.165) is 0 Å². The Morgan fingerprint density at radius 1 is 0.952 bits per heavy atom. The number of rotatable bonds is 1. The fourth-order valence-electron chi connectivity index (χ4n) is 2.33. The van der Waals surface area contributed by atoms with Crippen molar-refractivity contribution < 1.29 is 14.7 Å². The summed E-state index contributed by atoms with van der Waals surface area (Å²) in [6.07, 6.45) is 1.20. The highest BCUT2D eigenvalue weighted by molar-refractivity contribution is 6.40. The van der Waals surface area contributed by atoms with Crippen LogP contribution in [0.15, 0.2) is 42.5 Å². The molecule has 1 N–H and O–H groups in total. The lowest BCUT2D eigenvalue weighted by atomic mass is 9.86. The molecule has 1 aliphatic carbocycles. The quantitative estimate of drug-likeness (QED) is 0.858. The number of carbonyl (C=O) groups is 2. The third kappa shape index (κ3) is 2.35. The Bertz CT molecular complexity index is 802. The van der Waals surface area contributed by atoms with Crippen LogP contribution in [0.2, 0.25) is 10.0 Å². The maximum atomic E-state index is 12.5. The molecule has 3 nitrogen and oxygen atoms in total. The van der Waals surface area contributed by atoms with Crippen molar-refractivity contribution in [2.24, 2.45) is 0 Å². The number of allylic oxidation sites excluding steroid dienone is 2. The predicted octanol–water partition coefficient (Wildman–Crippen LogP) is 4.16. The Morgan fingerprint density at radius 3 is 2.29 bits per heavy atom. The number of hydrogen-bond acceptors (Lipinski definition) is 3. The molecule has 0 unspecified atom stereocenters. The van der Waals surface area contributed by atoms with Gasteiger partial charge in [-0.3, -0.25) is 9.59 Å². The summed E-state index contributed by atoms with van der Waals surface area (Å²) in [7, 11) is 0. The Hall–Kier alpha value is -2.10. The van der Waals surface area contributed by atoms with Gasteiger partial charge in [-0.15, -0.1) is 0 Å². The molecule has 0 radical (unpaired) electrons. The maximum Gasteiger partial charge on any atom is 0.194 e. The molecule has 2 aromatic carbocycles. The summed E-state index contributed by atoms with van der Waals surface area (Å²) in [5, 5.41) is 10.5. The van der Waals surface area contributed by atoms with Crippen LogP contribution in [0.4, 0.5) is 0 Å². The molecule has 21 heavy (non-hydrogen) atoms. The molecule has 0 bridgehead atoms. The topological polar surface area (TPSA) is 54.4 Å². The molecule has 0 atom stereocenters. The van der Waals surface area contributed by atoms with E-state index < -0.39 is 5.78 Å². The minimum Gasteiger partial charge on any atom is -0.507 e. The number of halogens is 2. The van der Waals surface area contributed by atoms with E-state index in [1.54, 1.807) is 18.2 Å². The first-order valence-electron chi connectivity index (χ1n) is 6.06. The van der Waals surface area contributed by atoms with Crippen LogP contribution < -0.4 is 0 Å². The highest BCUT2D eigenvalue weighted by atomic mass is 35.5. The van der Waals surface area contributed by atoms with Gasteiger partial charge in [0.05, 0.1) is 5.56 Å². The molecule has 1 aliphatic rings.